The molecule has 6 heteroatoms. The van der Waals surface area contributed by atoms with Crippen LogP contribution >= 0.6 is 15.9 Å². The van der Waals surface area contributed by atoms with E-state index in [1.54, 1.807) is 0 Å². The quantitative estimate of drug-likeness (QED) is 0.701. The molecule has 0 radical (unpaired) electrons. The van der Waals surface area contributed by atoms with Crippen molar-refractivity contribution in [1.29, 1.82) is 0 Å². The van der Waals surface area contributed by atoms with E-state index in [9.17, 15) is 0 Å². The first-order chi connectivity index (χ1) is 9.06. The summed E-state index contributed by atoms with van der Waals surface area (Å²) in [6, 6.07) is 7.62. The molecule has 3 rings (SSSR count). The van der Waals surface area contributed by atoms with Gasteiger partial charge in [-0.05, 0) is 38.1 Å². The van der Waals surface area contributed by atoms with Gasteiger partial charge in [-0.1, -0.05) is 15.9 Å². The summed E-state index contributed by atoms with van der Waals surface area (Å²) in [4.78, 5) is 4.38. The maximum absolute atomic E-state index is 5.85. The Labute approximate surface area is 118 Å². The summed E-state index contributed by atoms with van der Waals surface area (Å²) in [6.45, 7) is 3.95. The number of aromatic nitrogens is 4. The van der Waals surface area contributed by atoms with Crippen LogP contribution in [0.2, 0.25) is 0 Å². The number of hydrogen-bond donors (Lipinski definition) is 1. The molecule has 96 valence electrons. The van der Waals surface area contributed by atoms with Crippen molar-refractivity contribution in [1.82, 2.24) is 19.6 Å². The highest BCUT2D eigenvalue weighted by atomic mass is 79.9. The average molecular weight is 318 g/mol. The van der Waals surface area contributed by atoms with Crippen molar-refractivity contribution in [3.05, 3.63) is 40.1 Å². The minimum atomic E-state index is 0.599. The number of benzene rings is 1. The summed E-state index contributed by atoms with van der Waals surface area (Å²) in [5.74, 6) is 1.33. The monoisotopic (exact) mass is 317 g/mol. The molecule has 0 fully saturated rings. The lowest BCUT2D eigenvalue weighted by Gasteiger charge is -2.06. The summed E-state index contributed by atoms with van der Waals surface area (Å²) in [5, 5.41) is 8.36. The van der Waals surface area contributed by atoms with Crippen LogP contribution in [0.15, 0.2) is 28.7 Å². The minimum absolute atomic E-state index is 0.599. The third-order valence-corrected chi connectivity index (χ3v) is 3.62. The number of hydrogen-bond acceptors (Lipinski definition) is 4. The van der Waals surface area contributed by atoms with Crippen LogP contribution < -0.4 is 5.73 Å². The number of nitrogen functional groups attached to an aromatic ring is 1. The topological polar surface area (TPSA) is 69.1 Å². The predicted octanol–water partition coefficient (Wildman–Crippen LogP) is 2.75. The van der Waals surface area contributed by atoms with Crippen LogP contribution in [0, 0.1) is 13.8 Å². The van der Waals surface area contributed by atoms with E-state index in [4.69, 9.17) is 5.73 Å². The fourth-order valence-electron chi connectivity index (χ4n) is 2.12. The maximum atomic E-state index is 5.85. The second kappa shape index (κ2) is 4.31. The van der Waals surface area contributed by atoms with Gasteiger partial charge < -0.3 is 5.73 Å². The first kappa shape index (κ1) is 12.1. The van der Waals surface area contributed by atoms with Crippen LogP contribution in [0.1, 0.15) is 11.4 Å². The standard InChI is InChI=1S/C13H12BrN5/c1-7-5-8(2)19-12(17-18-13(19)16-7)10-6-9(15)3-4-11(10)14/h3-6H,15H2,1-2H3. The first-order valence-electron chi connectivity index (χ1n) is 5.81. The van der Waals surface area contributed by atoms with E-state index in [-0.39, 0.29) is 0 Å². The Morgan fingerprint density at radius 3 is 2.74 bits per heavy atom. The highest BCUT2D eigenvalue weighted by Gasteiger charge is 2.14. The molecule has 3 aromatic rings. The third kappa shape index (κ3) is 1.98. The van der Waals surface area contributed by atoms with Crippen molar-refractivity contribution in [2.75, 3.05) is 5.73 Å². The van der Waals surface area contributed by atoms with Gasteiger partial charge in [-0.25, -0.2) is 4.98 Å². The zero-order valence-corrected chi connectivity index (χ0v) is 12.1. The van der Waals surface area contributed by atoms with Gasteiger partial charge in [0.05, 0.1) is 0 Å². The SMILES string of the molecule is Cc1cc(C)n2c(-c3cc(N)ccc3Br)nnc2n1. The molecule has 0 aliphatic carbocycles. The lowest BCUT2D eigenvalue weighted by atomic mass is 10.2. The lowest BCUT2D eigenvalue weighted by molar-refractivity contribution is 1.02. The fraction of sp³-hybridized carbons (Fsp3) is 0.154. The van der Waals surface area contributed by atoms with E-state index in [0.717, 1.165) is 27.2 Å². The summed E-state index contributed by atoms with van der Waals surface area (Å²) in [7, 11) is 0. The van der Waals surface area contributed by atoms with Gasteiger partial charge in [0.25, 0.3) is 5.78 Å². The normalized spacial score (nSPS) is 11.1. The van der Waals surface area contributed by atoms with Crippen molar-refractivity contribution >= 4 is 27.4 Å². The summed E-state index contributed by atoms with van der Waals surface area (Å²) < 4.78 is 2.85. The number of anilines is 1. The second-order valence-electron chi connectivity index (χ2n) is 4.44. The Hall–Kier alpha value is -1.95. The highest BCUT2D eigenvalue weighted by molar-refractivity contribution is 9.10. The zero-order valence-electron chi connectivity index (χ0n) is 10.6. The molecule has 2 heterocycles. The minimum Gasteiger partial charge on any atom is -0.399 e. The van der Waals surface area contributed by atoms with Crippen LogP contribution in [0.25, 0.3) is 17.2 Å². The molecule has 0 saturated heterocycles. The van der Waals surface area contributed by atoms with Crippen molar-refractivity contribution in [2.24, 2.45) is 0 Å². The van der Waals surface area contributed by atoms with Gasteiger partial charge in [0.2, 0.25) is 0 Å². The molecule has 19 heavy (non-hydrogen) atoms. The number of nitrogens with zero attached hydrogens (tertiary/aromatic N) is 4. The Morgan fingerprint density at radius 2 is 1.95 bits per heavy atom. The van der Waals surface area contributed by atoms with Crippen LogP contribution in [-0.2, 0) is 0 Å². The molecule has 5 nitrogen and oxygen atoms in total. The maximum Gasteiger partial charge on any atom is 0.255 e. The first-order valence-corrected chi connectivity index (χ1v) is 6.60. The number of aryl methyl sites for hydroxylation is 2. The molecular formula is C13H12BrN5. The predicted molar refractivity (Wildman–Crippen MR) is 77.8 cm³/mol. The molecule has 0 atom stereocenters. The number of nitrogens with two attached hydrogens (primary N) is 1. The van der Waals surface area contributed by atoms with Gasteiger partial charge in [0, 0.05) is 27.1 Å². The third-order valence-electron chi connectivity index (χ3n) is 2.92. The molecule has 0 aliphatic rings. The van der Waals surface area contributed by atoms with Gasteiger partial charge in [0.15, 0.2) is 5.82 Å². The summed E-state index contributed by atoms with van der Waals surface area (Å²) >= 11 is 3.52. The van der Waals surface area contributed by atoms with Crippen LogP contribution in [0.4, 0.5) is 5.69 Å². The largest absolute Gasteiger partial charge is 0.399 e. The number of rotatable bonds is 1. The molecule has 2 N–H and O–H groups in total. The van der Waals surface area contributed by atoms with Crippen molar-refractivity contribution in [3.63, 3.8) is 0 Å². The molecule has 0 amide bonds. The van der Waals surface area contributed by atoms with E-state index in [0.29, 0.717) is 11.5 Å². The fourth-order valence-corrected chi connectivity index (χ4v) is 2.54. The molecule has 1 aromatic carbocycles. The van der Waals surface area contributed by atoms with Crippen molar-refractivity contribution in [2.45, 2.75) is 13.8 Å². The molecule has 0 saturated carbocycles. The van der Waals surface area contributed by atoms with Crippen LogP contribution in [0.5, 0.6) is 0 Å². The smallest absolute Gasteiger partial charge is 0.255 e. The second-order valence-corrected chi connectivity index (χ2v) is 5.29. The van der Waals surface area contributed by atoms with Gasteiger partial charge >= 0.3 is 0 Å². The molecule has 0 aliphatic heterocycles. The Balaban J connectivity index is 2.34. The van der Waals surface area contributed by atoms with Gasteiger partial charge in [-0.3, -0.25) is 4.40 Å². The summed E-state index contributed by atoms with van der Waals surface area (Å²) in [6.07, 6.45) is 0. The van der Waals surface area contributed by atoms with E-state index in [2.05, 4.69) is 31.1 Å². The Bertz CT molecular complexity index is 778. The Morgan fingerprint density at radius 1 is 1.16 bits per heavy atom. The van der Waals surface area contributed by atoms with E-state index < -0.39 is 0 Å². The van der Waals surface area contributed by atoms with E-state index >= 15 is 0 Å². The zero-order chi connectivity index (χ0) is 13.6. The molecule has 0 spiro atoms. The van der Waals surface area contributed by atoms with Gasteiger partial charge in [0.1, 0.15) is 0 Å². The van der Waals surface area contributed by atoms with Gasteiger partial charge in [-0.15, -0.1) is 10.2 Å². The molecule has 2 aromatic heterocycles. The van der Waals surface area contributed by atoms with Crippen LogP contribution in [-0.4, -0.2) is 19.6 Å². The van der Waals surface area contributed by atoms with E-state index in [1.807, 2.05) is 42.5 Å². The van der Waals surface area contributed by atoms with Crippen molar-refractivity contribution < 1.29 is 0 Å². The number of halogens is 1. The molecule has 0 bridgehead atoms. The molecular weight excluding hydrogens is 306 g/mol. The highest BCUT2D eigenvalue weighted by Crippen LogP contribution is 2.29. The van der Waals surface area contributed by atoms with Crippen LogP contribution in [0.3, 0.4) is 0 Å². The Kier molecular flexibility index (Phi) is 2.74. The van der Waals surface area contributed by atoms with Crippen molar-refractivity contribution in [3.8, 4) is 11.4 Å². The average Bonchev–Trinajstić information content (AvgIpc) is 2.76. The summed E-state index contributed by atoms with van der Waals surface area (Å²) in [5.41, 5.74) is 9.40. The van der Waals surface area contributed by atoms with Gasteiger partial charge in [-0.2, -0.15) is 0 Å². The van der Waals surface area contributed by atoms with E-state index in [1.165, 1.54) is 0 Å². The number of fused-ring (bicyclic) bond motifs is 1. The lowest BCUT2D eigenvalue weighted by Crippen LogP contribution is -1.99. The molecule has 0 unspecified atom stereocenters.